The van der Waals surface area contributed by atoms with E-state index in [0.717, 1.165) is 26.3 Å². The van der Waals surface area contributed by atoms with Crippen molar-refractivity contribution in [3.05, 3.63) is 0 Å². The van der Waals surface area contributed by atoms with Gasteiger partial charge < -0.3 is 10.1 Å². The summed E-state index contributed by atoms with van der Waals surface area (Å²) in [5.74, 6) is 0. The van der Waals surface area contributed by atoms with Crippen molar-refractivity contribution in [2.24, 2.45) is 0 Å². The minimum absolute atomic E-state index is 0.889. The van der Waals surface area contributed by atoms with E-state index in [1.54, 1.807) is 0 Å². The van der Waals surface area contributed by atoms with Crippen LogP contribution in [-0.4, -0.2) is 34.6 Å². The van der Waals surface area contributed by atoms with Crippen LogP contribution in [0.25, 0.3) is 0 Å². The molecule has 0 spiro atoms. The summed E-state index contributed by atoms with van der Waals surface area (Å²) in [6.07, 6.45) is 0. The fourth-order valence-electron chi connectivity index (χ4n) is 0.516. The van der Waals surface area contributed by atoms with Crippen LogP contribution in [-0.2, 0) is 26.0 Å². The van der Waals surface area contributed by atoms with E-state index in [2.05, 4.69) is 5.32 Å². The fourth-order valence-corrected chi connectivity index (χ4v) is 0.516. The van der Waals surface area contributed by atoms with Crippen LogP contribution in [0.5, 0.6) is 0 Å². The molecule has 0 unspecified atom stereocenters. The zero-order valence-electron chi connectivity index (χ0n) is 5.86. The van der Waals surface area contributed by atoms with Crippen molar-refractivity contribution >= 4 is 0 Å². The van der Waals surface area contributed by atoms with Gasteiger partial charge in [-0.1, -0.05) is 0 Å². The van der Waals surface area contributed by atoms with Gasteiger partial charge in [0.2, 0.25) is 0 Å². The van der Waals surface area contributed by atoms with Crippen LogP contribution in [0.1, 0.15) is 0 Å². The van der Waals surface area contributed by atoms with Crippen molar-refractivity contribution in [3.63, 3.8) is 0 Å². The summed E-state index contributed by atoms with van der Waals surface area (Å²) in [4.78, 5) is 0. The van der Waals surface area contributed by atoms with Gasteiger partial charge in [-0.25, -0.2) is 0 Å². The predicted octanol–water partition coefficient (Wildman–Crippen LogP) is -1.75. The Morgan fingerprint density at radius 1 is 1.18 bits per heavy atom. The van der Waals surface area contributed by atoms with Gasteiger partial charge in [0.15, 0.2) is 0 Å². The van der Waals surface area contributed by atoms with E-state index >= 15 is 0 Å². The first-order chi connectivity index (χ1) is 5.00. The molecule has 0 amide bonds. The van der Waals surface area contributed by atoms with E-state index in [9.17, 15) is 0 Å². The van der Waals surface area contributed by atoms with Crippen molar-refractivity contribution in [1.82, 2.24) is 5.32 Å². The molecule has 0 aromatic carbocycles. The molecule has 0 bridgehead atoms. The van der Waals surface area contributed by atoms with E-state index in [1.807, 2.05) is 0 Å². The Morgan fingerprint density at radius 2 is 1.55 bits per heavy atom. The Labute approximate surface area is 66.6 Å². The summed E-state index contributed by atoms with van der Waals surface area (Å²) in [5, 5.41) is 3.16. The zero-order valence-corrected chi connectivity index (χ0v) is 7.13. The molecule has 0 radical (unpaired) electrons. The summed E-state index contributed by atoms with van der Waals surface area (Å²) in [5.41, 5.74) is 0. The van der Waals surface area contributed by atoms with Gasteiger partial charge in [0.05, 0.1) is 13.2 Å². The van der Waals surface area contributed by atoms with E-state index in [-0.39, 0.29) is 0 Å². The topological polar surface area (TPSA) is 95.9 Å². The quantitative estimate of drug-likeness (QED) is 0.434. The first-order valence-corrected chi connectivity index (χ1v) is 5.16. The molecule has 1 heterocycles. The molecule has 0 saturated carbocycles. The molecule has 0 aromatic rings. The number of hydrogen-bond acceptors (Lipinski definition) is 4. The molecule has 3 N–H and O–H groups in total. The van der Waals surface area contributed by atoms with Crippen LogP contribution < -0.4 is 5.32 Å². The van der Waals surface area contributed by atoms with Gasteiger partial charge in [-0.3, -0.25) is 0 Å². The van der Waals surface area contributed by atoms with Crippen molar-refractivity contribution in [1.29, 1.82) is 0 Å². The number of nitrogens with one attached hydrogen (secondary N) is 1. The average molecular weight is 205 g/mol. The summed E-state index contributed by atoms with van der Waals surface area (Å²) in [7, 11) is 0. The number of hydrogen-bond donors (Lipinski definition) is 3. The second kappa shape index (κ2) is 5.60. The number of rotatable bonds is 0. The SMILES string of the molecule is C1COCCN1.[O]=[Cr](=[O])([OH])[OH]. The molecule has 1 aliphatic rings. The van der Waals surface area contributed by atoms with Crippen LogP contribution in [0.2, 0.25) is 0 Å². The van der Waals surface area contributed by atoms with E-state index < -0.39 is 13.6 Å². The Morgan fingerprint density at radius 3 is 1.64 bits per heavy atom. The van der Waals surface area contributed by atoms with Crippen LogP contribution in [0.3, 0.4) is 0 Å². The molecule has 0 aliphatic carbocycles. The normalized spacial score (nSPS) is 18.4. The molecule has 68 valence electrons. The second-order valence-electron chi connectivity index (χ2n) is 1.81. The minimum atomic E-state index is -5.25. The zero-order chi connectivity index (χ0) is 8.74. The van der Waals surface area contributed by atoms with Crippen LogP contribution in [0.4, 0.5) is 0 Å². The summed E-state index contributed by atoms with van der Waals surface area (Å²) < 4.78 is 36.9. The van der Waals surface area contributed by atoms with Crippen molar-refractivity contribution < 1.29 is 34.3 Å². The monoisotopic (exact) mass is 205 g/mol. The molecule has 1 rings (SSSR count). The molecular weight excluding hydrogens is 194 g/mol. The molecule has 11 heavy (non-hydrogen) atoms. The van der Waals surface area contributed by atoms with Crippen molar-refractivity contribution in [2.75, 3.05) is 26.3 Å². The van der Waals surface area contributed by atoms with Gasteiger partial charge in [-0.05, 0) is 0 Å². The third kappa shape index (κ3) is 17.8. The second-order valence-corrected chi connectivity index (χ2v) is 3.21. The summed E-state index contributed by atoms with van der Waals surface area (Å²) >= 11 is -5.25. The van der Waals surface area contributed by atoms with E-state index in [0.29, 0.717) is 0 Å². The molecule has 0 atom stereocenters. The van der Waals surface area contributed by atoms with Crippen LogP contribution in [0, 0.1) is 0 Å². The molecule has 7 heteroatoms. The molecule has 0 aromatic heterocycles. The van der Waals surface area contributed by atoms with Crippen LogP contribution >= 0.6 is 0 Å². The summed E-state index contributed by atoms with van der Waals surface area (Å²) in [6.45, 7) is 3.83. The number of ether oxygens (including phenoxy) is 1. The van der Waals surface area contributed by atoms with Gasteiger partial charge in [-0.15, -0.1) is 0 Å². The molecule has 6 nitrogen and oxygen atoms in total. The Hall–Kier alpha value is -0.0275. The van der Waals surface area contributed by atoms with Crippen LogP contribution in [0.15, 0.2) is 0 Å². The fraction of sp³-hybridized carbons (Fsp3) is 1.00. The maximum absolute atomic E-state index is 8.82. The van der Waals surface area contributed by atoms with Crippen molar-refractivity contribution in [2.45, 2.75) is 0 Å². The van der Waals surface area contributed by atoms with Gasteiger partial charge >= 0.3 is 29.5 Å². The molecule has 1 aliphatic heterocycles. The first kappa shape index (κ1) is 11.0. The number of morpholine rings is 1. The Kier molecular flexibility index (Phi) is 5.59. The van der Waals surface area contributed by atoms with Gasteiger partial charge in [0.1, 0.15) is 0 Å². The first-order valence-electron chi connectivity index (χ1n) is 2.98. The third-order valence-electron chi connectivity index (χ3n) is 0.846. The Balaban J connectivity index is 0.000000187. The van der Waals surface area contributed by atoms with Gasteiger partial charge in [0, 0.05) is 13.1 Å². The molecular formula is C4H11CrNO5. The van der Waals surface area contributed by atoms with Crippen molar-refractivity contribution in [3.8, 4) is 0 Å². The maximum atomic E-state index is 8.82. The summed E-state index contributed by atoms with van der Waals surface area (Å²) in [6, 6.07) is 0. The van der Waals surface area contributed by atoms with Gasteiger partial charge in [-0.2, -0.15) is 0 Å². The molecule has 1 fully saturated rings. The predicted molar refractivity (Wildman–Crippen MR) is 29.5 cm³/mol. The third-order valence-corrected chi connectivity index (χ3v) is 0.846. The standard InChI is InChI=1S/C4H9NO.Cr.2H2O.2O/c1-3-6-4-2-5-1;;;;;/h5H,1-4H2;;2*1H2;;/q;+2;;;;/p-2. The molecule has 1 saturated heterocycles. The Bertz CT molecular complexity index is 153. The van der Waals surface area contributed by atoms with Gasteiger partial charge in [0.25, 0.3) is 0 Å². The van der Waals surface area contributed by atoms with E-state index in [1.165, 1.54) is 0 Å². The van der Waals surface area contributed by atoms with E-state index in [4.69, 9.17) is 20.7 Å². The average Bonchev–Trinajstić information content (AvgIpc) is 1.88.